The first kappa shape index (κ1) is 14.6. The van der Waals surface area contributed by atoms with Gasteiger partial charge in [-0.1, -0.05) is 24.6 Å². The lowest BCUT2D eigenvalue weighted by molar-refractivity contribution is -0.119. The van der Waals surface area contributed by atoms with Crippen molar-refractivity contribution in [3.05, 3.63) is 29.8 Å². The molecule has 1 N–H and O–H groups in total. The van der Waals surface area contributed by atoms with Crippen molar-refractivity contribution < 1.29 is 4.79 Å². The lowest BCUT2D eigenvalue weighted by Crippen LogP contribution is -2.43. The van der Waals surface area contributed by atoms with Crippen LogP contribution in [0.4, 0.5) is 5.69 Å². The van der Waals surface area contributed by atoms with E-state index < -0.39 is 0 Å². The van der Waals surface area contributed by atoms with Crippen molar-refractivity contribution in [3.8, 4) is 0 Å². The number of piperidine rings is 1. The quantitative estimate of drug-likeness (QED) is 0.925. The van der Waals surface area contributed by atoms with Gasteiger partial charge < -0.3 is 10.2 Å². The standard InChI is InChI=1S/C18H26N2O/c1-14-9-10-15-6-2-3-8-17(15)20(14)18(21)12-11-16-7-4-5-13-19-16/h2-3,6,8,14,16,19H,4-5,7,9-13H2,1H3. The van der Waals surface area contributed by atoms with E-state index in [1.54, 1.807) is 0 Å². The maximum absolute atomic E-state index is 12.7. The van der Waals surface area contributed by atoms with Crippen LogP contribution in [0.1, 0.15) is 51.0 Å². The van der Waals surface area contributed by atoms with Crippen molar-refractivity contribution in [1.29, 1.82) is 0 Å². The normalized spacial score (nSPS) is 25.5. The fourth-order valence-corrected chi connectivity index (χ4v) is 3.66. The van der Waals surface area contributed by atoms with Gasteiger partial charge >= 0.3 is 0 Å². The van der Waals surface area contributed by atoms with Crippen LogP contribution in [0.25, 0.3) is 0 Å². The molecule has 3 nitrogen and oxygen atoms in total. The Morgan fingerprint density at radius 1 is 1.29 bits per heavy atom. The zero-order chi connectivity index (χ0) is 14.7. The average Bonchev–Trinajstić information content (AvgIpc) is 2.53. The van der Waals surface area contributed by atoms with Gasteiger partial charge in [0.15, 0.2) is 0 Å². The summed E-state index contributed by atoms with van der Waals surface area (Å²) < 4.78 is 0. The second-order valence-electron chi connectivity index (χ2n) is 6.47. The third-order valence-corrected chi connectivity index (χ3v) is 4.91. The molecule has 0 saturated carbocycles. The van der Waals surface area contributed by atoms with Crippen LogP contribution in [0.2, 0.25) is 0 Å². The van der Waals surface area contributed by atoms with Crippen LogP contribution in [0.15, 0.2) is 24.3 Å². The van der Waals surface area contributed by atoms with Gasteiger partial charge in [0.05, 0.1) is 0 Å². The van der Waals surface area contributed by atoms with E-state index in [0.717, 1.165) is 31.5 Å². The highest BCUT2D eigenvalue weighted by Crippen LogP contribution is 2.31. The van der Waals surface area contributed by atoms with Crippen molar-refractivity contribution in [2.24, 2.45) is 0 Å². The molecule has 0 aliphatic carbocycles. The van der Waals surface area contributed by atoms with E-state index in [-0.39, 0.29) is 0 Å². The number of hydrogen-bond acceptors (Lipinski definition) is 2. The van der Waals surface area contributed by atoms with E-state index in [9.17, 15) is 4.79 Å². The number of rotatable bonds is 3. The molecule has 2 atom stereocenters. The molecule has 0 spiro atoms. The highest BCUT2D eigenvalue weighted by molar-refractivity contribution is 5.95. The fourth-order valence-electron chi connectivity index (χ4n) is 3.66. The lowest BCUT2D eigenvalue weighted by Gasteiger charge is -2.36. The van der Waals surface area contributed by atoms with Crippen LogP contribution in [0.3, 0.4) is 0 Å². The van der Waals surface area contributed by atoms with E-state index in [1.165, 1.54) is 24.8 Å². The summed E-state index contributed by atoms with van der Waals surface area (Å²) in [5, 5.41) is 3.54. The maximum atomic E-state index is 12.7. The van der Waals surface area contributed by atoms with Crippen LogP contribution < -0.4 is 10.2 Å². The van der Waals surface area contributed by atoms with E-state index in [0.29, 0.717) is 24.4 Å². The Morgan fingerprint density at radius 3 is 2.95 bits per heavy atom. The first-order valence-electron chi connectivity index (χ1n) is 8.39. The molecule has 21 heavy (non-hydrogen) atoms. The molecule has 1 saturated heterocycles. The second kappa shape index (κ2) is 6.61. The number of anilines is 1. The second-order valence-corrected chi connectivity index (χ2v) is 6.47. The summed E-state index contributed by atoms with van der Waals surface area (Å²) >= 11 is 0. The van der Waals surface area contributed by atoms with Gasteiger partial charge in [-0.2, -0.15) is 0 Å². The molecular weight excluding hydrogens is 260 g/mol. The Kier molecular flexibility index (Phi) is 4.59. The molecule has 114 valence electrons. The van der Waals surface area contributed by atoms with E-state index in [1.807, 2.05) is 11.0 Å². The summed E-state index contributed by atoms with van der Waals surface area (Å²) in [4.78, 5) is 14.8. The molecule has 2 unspecified atom stereocenters. The van der Waals surface area contributed by atoms with E-state index in [2.05, 4.69) is 30.4 Å². The summed E-state index contributed by atoms with van der Waals surface area (Å²) in [6.07, 6.45) is 7.60. The fraction of sp³-hybridized carbons (Fsp3) is 0.611. The van der Waals surface area contributed by atoms with Crippen molar-refractivity contribution in [1.82, 2.24) is 5.32 Å². The molecule has 1 fully saturated rings. The third-order valence-electron chi connectivity index (χ3n) is 4.91. The van der Waals surface area contributed by atoms with Crippen LogP contribution in [-0.2, 0) is 11.2 Å². The first-order valence-corrected chi connectivity index (χ1v) is 8.39. The Bertz CT molecular complexity index is 494. The Balaban J connectivity index is 1.66. The predicted octanol–water partition coefficient (Wildman–Crippen LogP) is 3.28. The topological polar surface area (TPSA) is 32.3 Å². The summed E-state index contributed by atoms with van der Waals surface area (Å²) in [7, 11) is 0. The Hall–Kier alpha value is -1.35. The number of benzene rings is 1. The number of aryl methyl sites for hydroxylation is 1. The molecule has 1 amide bonds. The van der Waals surface area contributed by atoms with Gasteiger partial charge in [-0.25, -0.2) is 0 Å². The van der Waals surface area contributed by atoms with Crippen molar-refractivity contribution in [3.63, 3.8) is 0 Å². The Labute approximate surface area is 127 Å². The van der Waals surface area contributed by atoms with Gasteiger partial charge in [0.1, 0.15) is 0 Å². The molecular formula is C18H26N2O. The number of nitrogens with one attached hydrogen (secondary N) is 1. The summed E-state index contributed by atoms with van der Waals surface area (Å²) in [6.45, 7) is 3.29. The van der Waals surface area contributed by atoms with E-state index in [4.69, 9.17) is 0 Å². The zero-order valence-corrected chi connectivity index (χ0v) is 13.0. The number of fused-ring (bicyclic) bond motifs is 1. The molecule has 1 aromatic rings. The van der Waals surface area contributed by atoms with Gasteiger partial charge in [0.2, 0.25) is 5.91 Å². The maximum Gasteiger partial charge on any atom is 0.227 e. The van der Waals surface area contributed by atoms with Gasteiger partial charge in [0, 0.05) is 24.2 Å². The van der Waals surface area contributed by atoms with E-state index >= 15 is 0 Å². The minimum atomic E-state index is 0.294. The van der Waals surface area contributed by atoms with Crippen molar-refractivity contribution in [2.75, 3.05) is 11.4 Å². The molecule has 2 heterocycles. The number of para-hydroxylation sites is 1. The highest BCUT2D eigenvalue weighted by atomic mass is 16.2. The van der Waals surface area contributed by atoms with Gasteiger partial charge in [-0.15, -0.1) is 0 Å². The minimum Gasteiger partial charge on any atom is -0.314 e. The van der Waals surface area contributed by atoms with Crippen molar-refractivity contribution in [2.45, 2.75) is 64.0 Å². The van der Waals surface area contributed by atoms with Crippen LogP contribution >= 0.6 is 0 Å². The molecule has 0 radical (unpaired) electrons. The summed E-state index contributed by atoms with van der Waals surface area (Å²) in [6, 6.07) is 9.24. The largest absolute Gasteiger partial charge is 0.314 e. The molecule has 2 aliphatic heterocycles. The molecule has 0 bridgehead atoms. The van der Waals surface area contributed by atoms with Crippen molar-refractivity contribution >= 4 is 11.6 Å². The average molecular weight is 286 g/mol. The summed E-state index contributed by atoms with van der Waals surface area (Å²) in [5.41, 5.74) is 2.46. The predicted molar refractivity (Wildman–Crippen MR) is 86.6 cm³/mol. The molecule has 1 aromatic carbocycles. The smallest absolute Gasteiger partial charge is 0.227 e. The third kappa shape index (κ3) is 3.29. The van der Waals surface area contributed by atoms with Crippen LogP contribution in [0, 0.1) is 0 Å². The molecule has 3 rings (SSSR count). The number of carbonyl (C=O) groups is 1. The number of carbonyl (C=O) groups excluding carboxylic acids is 1. The number of amides is 1. The van der Waals surface area contributed by atoms with Gasteiger partial charge in [-0.3, -0.25) is 4.79 Å². The Morgan fingerprint density at radius 2 is 2.14 bits per heavy atom. The first-order chi connectivity index (χ1) is 10.3. The molecule has 0 aromatic heterocycles. The lowest BCUT2D eigenvalue weighted by atomic mass is 9.95. The number of hydrogen-bond donors (Lipinski definition) is 1. The molecule has 3 heteroatoms. The molecule has 2 aliphatic rings. The highest BCUT2D eigenvalue weighted by Gasteiger charge is 2.28. The monoisotopic (exact) mass is 286 g/mol. The zero-order valence-electron chi connectivity index (χ0n) is 13.0. The summed E-state index contributed by atoms with van der Waals surface area (Å²) in [5.74, 6) is 0.294. The minimum absolute atomic E-state index is 0.294. The number of nitrogens with zero attached hydrogens (tertiary/aromatic N) is 1. The van der Waals surface area contributed by atoms with Crippen LogP contribution in [0.5, 0.6) is 0 Å². The van der Waals surface area contributed by atoms with Crippen LogP contribution in [-0.4, -0.2) is 24.5 Å². The SMILES string of the molecule is CC1CCc2ccccc2N1C(=O)CCC1CCCCN1. The van der Waals surface area contributed by atoms with Gasteiger partial charge in [-0.05, 0) is 57.2 Å². The van der Waals surface area contributed by atoms with Gasteiger partial charge in [0.25, 0.3) is 0 Å².